The van der Waals surface area contributed by atoms with Crippen molar-refractivity contribution >= 4 is 23.1 Å². The quantitative estimate of drug-likeness (QED) is 0.273. The van der Waals surface area contributed by atoms with Crippen LogP contribution in [0.3, 0.4) is 0 Å². The average Bonchev–Trinajstić information content (AvgIpc) is 3.11. The Kier molecular flexibility index (Phi) is 7.60. The number of aliphatic hydroxyl groups is 1. The van der Waals surface area contributed by atoms with Crippen molar-refractivity contribution in [3.05, 3.63) is 59.3 Å². The van der Waals surface area contributed by atoms with E-state index in [4.69, 9.17) is 22.1 Å². The molecule has 0 bridgehead atoms. The number of pyridine rings is 2. The minimum atomic E-state index is -0.966. The molecular weight excluding hydrogens is 492 g/mol. The van der Waals surface area contributed by atoms with Gasteiger partial charge in [0, 0.05) is 55.4 Å². The minimum Gasteiger partial charge on any atom is -0.474 e. The van der Waals surface area contributed by atoms with Gasteiger partial charge >= 0.3 is 0 Å². The number of aromatic nitrogens is 6. The third-order valence-corrected chi connectivity index (χ3v) is 6.07. The second-order valence-electron chi connectivity index (χ2n) is 9.38. The van der Waals surface area contributed by atoms with Gasteiger partial charge in [-0.15, -0.1) is 0 Å². The lowest BCUT2D eigenvalue weighted by atomic mass is 9.99. The van der Waals surface area contributed by atoms with Gasteiger partial charge in [-0.3, -0.25) is 4.98 Å². The zero-order valence-corrected chi connectivity index (χ0v) is 22.3. The molecule has 4 aromatic heterocycles. The summed E-state index contributed by atoms with van der Waals surface area (Å²) in [5.41, 5.74) is 9.44. The topological polar surface area (TPSA) is 137 Å². The summed E-state index contributed by atoms with van der Waals surface area (Å²) in [6, 6.07) is 7.13. The molecule has 0 saturated heterocycles. The van der Waals surface area contributed by atoms with Crippen molar-refractivity contribution in [2.24, 2.45) is 7.05 Å². The molecule has 0 saturated carbocycles. The molecule has 0 aliphatic rings. The van der Waals surface area contributed by atoms with Crippen LogP contribution in [0.5, 0.6) is 5.88 Å². The van der Waals surface area contributed by atoms with E-state index in [9.17, 15) is 5.11 Å². The maximum absolute atomic E-state index is 10.2. The first kappa shape index (κ1) is 26.3. The van der Waals surface area contributed by atoms with Gasteiger partial charge in [0.1, 0.15) is 16.5 Å². The Hall–Kier alpha value is -3.76. The monoisotopic (exact) mass is 522 g/mol. The molecule has 0 fully saturated rings. The van der Waals surface area contributed by atoms with Crippen LogP contribution in [-0.2, 0) is 12.6 Å². The van der Waals surface area contributed by atoms with Crippen LogP contribution < -0.4 is 15.8 Å². The maximum Gasteiger partial charge on any atom is 0.223 e. The number of nitrogens with zero attached hydrogens (tertiary/aromatic N) is 6. The van der Waals surface area contributed by atoms with Crippen LogP contribution >= 0.6 is 11.6 Å². The number of nitrogen functional groups attached to an aromatic ring is 1. The van der Waals surface area contributed by atoms with E-state index in [-0.39, 0.29) is 6.10 Å². The van der Waals surface area contributed by atoms with Crippen molar-refractivity contribution in [3.63, 3.8) is 0 Å². The molecule has 37 heavy (non-hydrogen) atoms. The summed E-state index contributed by atoms with van der Waals surface area (Å²) < 4.78 is 7.96. The van der Waals surface area contributed by atoms with Crippen LogP contribution in [0.1, 0.15) is 38.4 Å². The van der Waals surface area contributed by atoms with Crippen LogP contribution in [0.15, 0.2) is 42.9 Å². The molecule has 0 aromatic carbocycles. The van der Waals surface area contributed by atoms with Gasteiger partial charge < -0.3 is 20.9 Å². The first-order chi connectivity index (χ1) is 17.5. The number of anilines is 2. The van der Waals surface area contributed by atoms with Crippen molar-refractivity contribution in [1.82, 2.24) is 29.7 Å². The van der Waals surface area contributed by atoms with Gasteiger partial charge in [0.25, 0.3) is 0 Å². The Balaban J connectivity index is 1.46. The minimum absolute atomic E-state index is 0.146. The maximum atomic E-state index is 10.2. The molecule has 0 radical (unpaired) electrons. The SMILES string of the molecule is Cc1nn(C)c(O[C@@H](C)CCNc2cc(Cl)ncc2-c2ccc(C(C)(C)O)cn2)c1-c1nccc(N)n1. The van der Waals surface area contributed by atoms with Crippen molar-refractivity contribution in [2.75, 3.05) is 17.6 Å². The Labute approximate surface area is 220 Å². The molecule has 11 heteroatoms. The highest BCUT2D eigenvalue weighted by atomic mass is 35.5. The summed E-state index contributed by atoms with van der Waals surface area (Å²) in [6.07, 6.45) is 5.51. The molecule has 0 spiro atoms. The first-order valence-corrected chi connectivity index (χ1v) is 12.3. The third kappa shape index (κ3) is 6.15. The zero-order valence-electron chi connectivity index (χ0n) is 21.5. The number of ether oxygens (including phenoxy) is 1. The van der Waals surface area contributed by atoms with Gasteiger partial charge in [0.15, 0.2) is 5.82 Å². The van der Waals surface area contributed by atoms with E-state index in [1.54, 1.807) is 49.3 Å². The van der Waals surface area contributed by atoms with Crippen LogP contribution in [0, 0.1) is 6.92 Å². The summed E-state index contributed by atoms with van der Waals surface area (Å²) in [5.74, 6) is 1.44. The van der Waals surface area contributed by atoms with Crippen LogP contribution in [0.2, 0.25) is 5.15 Å². The number of rotatable bonds is 9. The molecule has 4 aromatic rings. The highest BCUT2D eigenvalue weighted by molar-refractivity contribution is 6.29. The summed E-state index contributed by atoms with van der Waals surface area (Å²) in [7, 11) is 1.82. The van der Waals surface area contributed by atoms with Gasteiger partial charge in [-0.1, -0.05) is 17.7 Å². The number of aryl methyl sites for hydroxylation is 2. The van der Waals surface area contributed by atoms with E-state index < -0.39 is 5.60 Å². The molecule has 4 N–H and O–H groups in total. The lowest BCUT2D eigenvalue weighted by Gasteiger charge is -2.19. The van der Waals surface area contributed by atoms with Gasteiger partial charge in [-0.2, -0.15) is 5.10 Å². The molecule has 1 atom stereocenters. The molecule has 194 valence electrons. The van der Waals surface area contributed by atoms with Crippen LogP contribution in [-0.4, -0.2) is 47.5 Å². The van der Waals surface area contributed by atoms with E-state index in [1.165, 1.54) is 0 Å². The predicted octanol–water partition coefficient (Wildman–Crippen LogP) is 4.38. The van der Waals surface area contributed by atoms with E-state index in [0.29, 0.717) is 35.6 Å². The number of halogens is 1. The fourth-order valence-corrected chi connectivity index (χ4v) is 4.04. The van der Waals surface area contributed by atoms with Crippen molar-refractivity contribution in [2.45, 2.75) is 45.8 Å². The predicted molar refractivity (Wildman–Crippen MR) is 144 cm³/mol. The number of hydrogen-bond acceptors (Lipinski definition) is 9. The third-order valence-electron chi connectivity index (χ3n) is 5.87. The Bertz CT molecular complexity index is 1380. The van der Waals surface area contributed by atoms with Crippen molar-refractivity contribution in [3.8, 4) is 28.5 Å². The van der Waals surface area contributed by atoms with E-state index in [2.05, 4.69) is 30.4 Å². The summed E-state index contributed by atoms with van der Waals surface area (Å²) in [5, 5.41) is 18.5. The molecular formula is C26H31ClN8O2. The summed E-state index contributed by atoms with van der Waals surface area (Å²) in [6.45, 7) is 7.93. The number of nitrogens with two attached hydrogens (primary N) is 1. The molecule has 4 heterocycles. The number of hydrogen-bond donors (Lipinski definition) is 3. The van der Waals surface area contributed by atoms with Gasteiger partial charge in [0.05, 0.1) is 23.1 Å². The van der Waals surface area contributed by atoms with E-state index in [0.717, 1.165) is 33.8 Å². The van der Waals surface area contributed by atoms with E-state index >= 15 is 0 Å². The molecule has 0 aliphatic heterocycles. The first-order valence-electron chi connectivity index (χ1n) is 11.9. The van der Waals surface area contributed by atoms with Crippen LogP contribution in [0.25, 0.3) is 22.6 Å². The zero-order chi connectivity index (χ0) is 26.7. The normalized spacial score (nSPS) is 12.4. The lowest BCUT2D eigenvalue weighted by Crippen LogP contribution is -2.19. The smallest absolute Gasteiger partial charge is 0.223 e. The molecule has 10 nitrogen and oxygen atoms in total. The summed E-state index contributed by atoms with van der Waals surface area (Å²) in [4.78, 5) is 17.4. The number of nitrogens with one attached hydrogen (secondary N) is 1. The van der Waals surface area contributed by atoms with E-state index in [1.807, 2.05) is 33.0 Å². The molecule has 4 rings (SSSR count). The van der Waals surface area contributed by atoms with Crippen molar-refractivity contribution in [1.29, 1.82) is 0 Å². The second kappa shape index (κ2) is 10.7. The Morgan fingerprint density at radius 2 is 1.97 bits per heavy atom. The highest BCUT2D eigenvalue weighted by Gasteiger charge is 2.21. The van der Waals surface area contributed by atoms with Crippen molar-refractivity contribution < 1.29 is 9.84 Å². The van der Waals surface area contributed by atoms with Crippen LogP contribution in [0.4, 0.5) is 11.5 Å². The molecule has 0 aliphatic carbocycles. The second-order valence-corrected chi connectivity index (χ2v) is 9.77. The highest BCUT2D eigenvalue weighted by Crippen LogP contribution is 2.32. The average molecular weight is 523 g/mol. The molecule has 0 unspecified atom stereocenters. The fraction of sp³-hybridized carbons (Fsp3) is 0.346. The standard InChI is InChI=1S/C26H31ClN8O2/c1-15(37-25-23(16(2)34-35(25)5)24-30-11-9-22(28)33-24)8-10-29-20-12-21(27)32-14-18(20)19-7-6-17(13-31-19)26(3,4)36/h6-7,9,11-15,36H,8,10H2,1-5H3,(H,29,32)(H2,28,30,33)/t15-/m0/s1. The fourth-order valence-electron chi connectivity index (χ4n) is 3.88. The largest absolute Gasteiger partial charge is 0.474 e. The Morgan fingerprint density at radius 3 is 2.65 bits per heavy atom. The van der Waals surface area contributed by atoms with Gasteiger partial charge in [-0.25, -0.2) is 19.6 Å². The van der Waals surface area contributed by atoms with Gasteiger partial charge in [0.2, 0.25) is 5.88 Å². The molecule has 0 amide bonds. The lowest BCUT2D eigenvalue weighted by molar-refractivity contribution is 0.0782. The summed E-state index contributed by atoms with van der Waals surface area (Å²) >= 11 is 6.18. The Morgan fingerprint density at radius 1 is 1.19 bits per heavy atom. The van der Waals surface area contributed by atoms with Gasteiger partial charge in [-0.05, 0) is 45.9 Å².